The number of Topliss-reactive ketones (excluding diaryl/α,β-unsaturated/α-hetero) is 1. The van der Waals surface area contributed by atoms with E-state index in [9.17, 15) is 30.8 Å². The topological polar surface area (TPSA) is 119 Å². The number of alkyl halides is 4. The van der Waals surface area contributed by atoms with Crippen LogP contribution in [-0.2, 0) is 27.4 Å². The number of ketones is 1. The number of sulfonamides is 1. The van der Waals surface area contributed by atoms with Crippen molar-refractivity contribution >= 4 is 38.4 Å². The molecular weight excluding hydrogens is 590 g/mol. The van der Waals surface area contributed by atoms with Crippen LogP contribution < -0.4 is 0 Å². The van der Waals surface area contributed by atoms with Crippen LogP contribution in [0.15, 0.2) is 52.5 Å². The molecule has 0 aliphatic carbocycles. The molecule has 5 rings (SSSR count). The van der Waals surface area contributed by atoms with E-state index in [1.165, 1.54) is 31.5 Å². The highest BCUT2D eigenvalue weighted by Crippen LogP contribution is 2.37. The minimum Gasteiger partial charge on any atom is -0.443 e. The Morgan fingerprint density at radius 2 is 1.85 bits per heavy atom. The van der Waals surface area contributed by atoms with E-state index in [4.69, 9.17) is 16.0 Å². The van der Waals surface area contributed by atoms with Crippen molar-refractivity contribution in [3.63, 3.8) is 0 Å². The maximum absolute atomic E-state index is 14.9. The average Bonchev–Trinajstić information content (AvgIpc) is 3.50. The second-order valence-corrected chi connectivity index (χ2v) is 11.8. The van der Waals surface area contributed by atoms with Crippen LogP contribution in [0.25, 0.3) is 22.2 Å². The first kappa shape index (κ1) is 29.0. The summed E-state index contributed by atoms with van der Waals surface area (Å²) in [5.41, 5.74) is 2.08. The highest BCUT2D eigenvalue weighted by molar-refractivity contribution is 7.89. The summed E-state index contributed by atoms with van der Waals surface area (Å²) in [5, 5.41) is -0.177. The van der Waals surface area contributed by atoms with E-state index >= 15 is 0 Å². The fraction of sp³-hybridized carbons (Fsp3) is 0.346. The highest BCUT2D eigenvalue weighted by atomic mass is 35.5. The maximum atomic E-state index is 14.9. The van der Waals surface area contributed by atoms with Gasteiger partial charge in [0.2, 0.25) is 10.9 Å². The SMILES string of the molecule is Cc1cnc(-c2cnc(C(F)(F)F)nc2)cc1CCC(=O)[C@@H]1C[C@@H](F)[C@H](C)N1S(=O)(=O)c1cc2c(Cl)nccc2o1. The number of hydrogen-bond donors (Lipinski definition) is 0. The summed E-state index contributed by atoms with van der Waals surface area (Å²) in [6.07, 6.45) is -1.68. The van der Waals surface area contributed by atoms with Gasteiger partial charge >= 0.3 is 6.18 Å². The molecule has 0 aromatic carbocycles. The molecule has 4 aromatic heterocycles. The highest BCUT2D eigenvalue weighted by Gasteiger charge is 2.49. The molecule has 0 radical (unpaired) electrons. The first-order chi connectivity index (χ1) is 19.3. The molecule has 1 fully saturated rings. The minimum absolute atomic E-state index is 0.0353. The van der Waals surface area contributed by atoms with Crippen LogP contribution in [0.4, 0.5) is 17.6 Å². The predicted octanol–water partition coefficient (Wildman–Crippen LogP) is 5.35. The van der Waals surface area contributed by atoms with E-state index in [1.54, 1.807) is 13.0 Å². The second kappa shape index (κ2) is 10.7. The Labute approximate surface area is 236 Å². The minimum atomic E-state index is -4.68. The maximum Gasteiger partial charge on any atom is 0.451 e. The van der Waals surface area contributed by atoms with Crippen LogP contribution in [-0.4, -0.2) is 56.7 Å². The van der Waals surface area contributed by atoms with Crippen molar-refractivity contribution in [1.82, 2.24) is 24.2 Å². The summed E-state index contributed by atoms with van der Waals surface area (Å²) in [4.78, 5) is 28.2. The lowest BCUT2D eigenvalue weighted by molar-refractivity contribution is -0.145. The molecule has 0 amide bonds. The Bertz CT molecular complexity index is 1730. The zero-order valence-electron chi connectivity index (χ0n) is 21.6. The molecule has 0 spiro atoms. The molecule has 0 unspecified atom stereocenters. The number of halogens is 5. The molecule has 3 atom stereocenters. The van der Waals surface area contributed by atoms with E-state index in [1.807, 2.05) is 0 Å². The number of aryl methyl sites for hydroxylation is 2. The number of carbonyl (C=O) groups excluding carboxylic acids is 1. The molecule has 9 nitrogen and oxygen atoms in total. The van der Waals surface area contributed by atoms with Gasteiger partial charge in [0.1, 0.15) is 16.9 Å². The zero-order chi connectivity index (χ0) is 29.7. The summed E-state index contributed by atoms with van der Waals surface area (Å²) in [6, 6.07) is 1.86. The number of nitrogens with zero attached hydrogens (tertiary/aromatic N) is 5. The Hall–Kier alpha value is -3.49. The number of aromatic nitrogens is 4. The van der Waals surface area contributed by atoms with Crippen molar-refractivity contribution in [3.05, 3.63) is 65.1 Å². The smallest absolute Gasteiger partial charge is 0.443 e. The van der Waals surface area contributed by atoms with Crippen LogP contribution in [0.1, 0.15) is 36.7 Å². The molecular formula is C26H22ClF4N5O4S. The number of pyridine rings is 2. The van der Waals surface area contributed by atoms with E-state index < -0.39 is 51.2 Å². The quantitative estimate of drug-likeness (QED) is 0.203. The van der Waals surface area contributed by atoms with Crippen LogP contribution in [0.2, 0.25) is 5.15 Å². The van der Waals surface area contributed by atoms with Gasteiger partial charge in [0, 0.05) is 49.3 Å². The largest absolute Gasteiger partial charge is 0.451 e. The lowest BCUT2D eigenvalue weighted by Crippen LogP contribution is -2.44. The van der Waals surface area contributed by atoms with Gasteiger partial charge < -0.3 is 4.42 Å². The third-order valence-corrected chi connectivity index (χ3v) is 9.17. The van der Waals surface area contributed by atoms with Crippen LogP contribution >= 0.6 is 11.6 Å². The first-order valence-corrected chi connectivity index (χ1v) is 14.2. The number of hydrogen-bond acceptors (Lipinski definition) is 8. The van der Waals surface area contributed by atoms with Gasteiger partial charge in [0.25, 0.3) is 10.0 Å². The van der Waals surface area contributed by atoms with Crippen LogP contribution in [0.3, 0.4) is 0 Å². The zero-order valence-corrected chi connectivity index (χ0v) is 23.1. The number of furan rings is 1. The summed E-state index contributed by atoms with van der Waals surface area (Å²) >= 11 is 6.05. The van der Waals surface area contributed by atoms with Gasteiger partial charge in [-0.1, -0.05) is 11.6 Å². The van der Waals surface area contributed by atoms with Crippen molar-refractivity contribution in [1.29, 1.82) is 0 Å². The molecule has 1 aliphatic heterocycles. The van der Waals surface area contributed by atoms with E-state index in [-0.39, 0.29) is 40.9 Å². The van der Waals surface area contributed by atoms with Gasteiger partial charge in [-0.2, -0.15) is 17.5 Å². The molecule has 1 saturated heterocycles. The Morgan fingerprint density at radius 3 is 2.51 bits per heavy atom. The fourth-order valence-corrected chi connectivity index (χ4v) is 6.76. The van der Waals surface area contributed by atoms with Crippen LogP contribution in [0, 0.1) is 6.92 Å². The first-order valence-electron chi connectivity index (χ1n) is 12.4. The summed E-state index contributed by atoms with van der Waals surface area (Å²) < 4.78 is 86.7. The van der Waals surface area contributed by atoms with Gasteiger partial charge in [-0.05, 0) is 43.5 Å². The molecule has 0 saturated carbocycles. The third kappa shape index (κ3) is 5.55. The monoisotopic (exact) mass is 611 g/mol. The van der Waals surface area contributed by atoms with Crippen molar-refractivity contribution in [2.75, 3.05) is 0 Å². The Balaban J connectivity index is 1.36. The van der Waals surface area contributed by atoms with Crippen molar-refractivity contribution in [2.45, 2.75) is 62.6 Å². The van der Waals surface area contributed by atoms with Crippen LogP contribution in [0.5, 0.6) is 0 Å². The summed E-state index contributed by atoms with van der Waals surface area (Å²) in [5.74, 6) is -1.77. The van der Waals surface area contributed by atoms with E-state index in [0.29, 0.717) is 16.8 Å². The van der Waals surface area contributed by atoms with E-state index in [2.05, 4.69) is 19.9 Å². The molecule has 1 aliphatic rings. The van der Waals surface area contributed by atoms with Gasteiger partial charge in [0.05, 0.1) is 23.2 Å². The van der Waals surface area contributed by atoms with Gasteiger partial charge in [-0.15, -0.1) is 0 Å². The lowest BCUT2D eigenvalue weighted by Gasteiger charge is -2.25. The fourth-order valence-electron chi connectivity index (χ4n) is 4.78. The van der Waals surface area contributed by atoms with Gasteiger partial charge in [-0.3, -0.25) is 9.78 Å². The third-order valence-electron chi connectivity index (χ3n) is 7.01. The van der Waals surface area contributed by atoms with Crippen molar-refractivity contribution < 1.29 is 35.2 Å². The molecule has 0 N–H and O–H groups in total. The molecule has 216 valence electrons. The molecule has 5 heterocycles. The Kier molecular flexibility index (Phi) is 7.59. The average molecular weight is 612 g/mol. The van der Waals surface area contributed by atoms with Crippen molar-refractivity contribution in [3.8, 4) is 11.3 Å². The molecule has 15 heteroatoms. The molecule has 41 heavy (non-hydrogen) atoms. The van der Waals surface area contributed by atoms with E-state index in [0.717, 1.165) is 16.7 Å². The number of carbonyl (C=O) groups is 1. The normalized spacial score (nSPS) is 20.1. The van der Waals surface area contributed by atoms with Crippen molar-refractivity contribution in [2.24, 2.45) is 0 Å². The lowest BCUT2D eigenvalue weighted by atomic mass is 9.99. The second-order valence-electron chi connectivity index (χ2n) is 9.68. The predicted molar refractivity (Wildman–Crippen MR) is 139 cm³/mol. The number of rotatable bonds is 7. The van der Waals surface area contributed by atoms with Gasteiger partial charge in [0.15, 0.2) is 5.78 Å². The molecule has 0 bridgehead atoms. The van der Waals surface area contributed by atoms with Gasteiger partial charge in [-0.25, -0.2) is 27.8 Å². The standard InChI is InChI=1S/C26H22ClF4N5O4S/c1-13-10-33-19(16-11-34-25(35-12-16)26(29,30)31)7-15(13)3-4-21(37)20-9-18(28)14(2)36(20)41(38,39)23-8-17-22(40-23)5-6-32-24(17)27/h5-8,10-12,14,18,20H,3-4,9H2,1-2H3/t14-,18+,20-/m0/s1. The molecule has 4 aromatic rings. The summed E-state index contributed by atoms with van der Waals surface area (Å²) in [7, 11) is -4.43. The summed E-state index contributed by atoms with van der Waals surface area (Å²) in [6.45, 7) is 3.13. The Morgan fingerprint density at radius 1 is 1.15 bits per heavy atom. The number of fused-ring (bicyclic) bond motifs is 1.